The number of carboxylic acids is 1. The molecule has 0 fully saturated rings. The molecule has 0 unspecified atom stereocenters. The first-order chi connectivity index (χ1) is 7.95. The van der Waals surface area contributed by atoms with Gasteiger partial charge in [0.1, 0.15) is 5.82 Å². The number of carbonyl (C=O) groups is 1. The normalized spacial score (nSPS) is 10.6. The Balaban J connectivity index is 3.09. The second-order valence-electron chi connectivity index (χ2n) is 4.14. The zero-order valence-electron chi connectivity index (χ0n) is 10.6. The molecule has 5 heteroatoms. The number of hydrogen-bond acceptors (Lipinski definition) is 4. The van der Waals surface area contributed by atoms with Crippen LogP contribution in [0.15, 0.2) is 0 Å². The molecule has 1 aromatic rings. The Morgan fingerprint density at radius 1 is 1.41 bits per heavy atom. The molecule has 0 amide bonds. The number of nitrogens with zero attached hydrogens (tertiary/aromatic N) is 2. The average Bonchev–Trinajstić information content (AvgIpc) is 2.25. The molecule has 0 aliphatic rings. The van der Waals surface area contributed by atoms with E-state index >= 15 is 0 Å². The van der Waals surface area contributed by atoms with Crippen molar-refractivity contribution in [1.82, 2.24) is 9.97 Å². The van der Waals surface area contributed by atoms with Gasteiger partial charge in [0, 0.05) is 17.2 Å². The van der Waals surface area contributed by atoms with Crippen molar-refractivity contribution in [2.45, 2.75) is 40.0 Å². The van der Waals surface area contributed by atoms with Crippen LogP contribution in [0.4, 0.5) is 0 Å². The predicted octanol–water partition coefficient (Wildman–Crippen LogP) is 1.93. The standard InChI is InChI=1S/C12H18N2O3/c1-5-9-8(4)13-11(7(2)3)14-12(9)17-6-10(15)16/h7H,5-6H2,1-4H3,(H,15,16). The van der Waals surface area contributed by atoms with Gasteiger partial charge in [-0.1, -0.05) is 20.8 Å². The summed E-state index contributed by atoms with van der Waals surface area (Å²) in [7, 11) is 0. The van der Waals surface area contributed by atoms with Crippen LogP contribution in [0.5, 0.6) is 5.88 Å². The number of aryl methyl sites for hydroxylation is 1. The Morgan fingerprint density at radius 3 is 2.53 bits per heavy atom. The van der Waals surface area contributed by atoms with Gasteiger partial charge in [-0.3, -0.25) is 0 Å². The fourth-order valence-electron chi connectivity index (χ4n) is 1.51. The van der Waals surface area contributed by atoms with Gasteiger partial charge in [0.2, 0.25) is 5.88 Å². The maximum Gasteiger partial charge on any atom is 0.341 e. The topological polar surface area (TPSA) is 72.3 Å². The molecule has 0 bridgehead atoms. The zero-order chi connectivity index (χ0) is 13.0. The summed E-state index contributed by atoms with van der Waals surface area (Å²) in [6.07, 6.45) is 0.721. The lowest BCUT2D eigenvalue weighted by molar-refractivity contribution is -0.139. The molecule has 94 valence electrons. The first kappa shape index (κ1) is 13.4. The minimum Gasteiger partial charge on any atom is -0.479 e. The molecule has 1 heterocycles. The summed E-state index contributed by atoms with van der Waals surface area (Å²) < 4.78 is 5.21. The van der Waals surface area contributed by atoms with E-state index in [9.17, 15) is 4.79 Å². The largest absolute Gasteiger partial charge is 0.479 e. The third-order valence-corrected chi connectivity index (χ3v) is 2.40. The van der Waals surface area contributed by atoms with Gasteiger partial charge < -0.3 is 9.84 Å². The van der Waals surface area contributed by atoms with Crippen LogP contribution in [-0.2, 0) is 11.2 Å². The Kier molecular flexibility index (Phi) is 4.43. The van der Waals surface area contributed by atoms with Crippen LogP contribution in [-0.4, -0.2) is 27.7 Å². The van der Waals surface area contributed by atoms with Gasteiger partial charge in [0.15, 0.2) is 6.61 Å². The van der Waals surface area contributed by atoms with E-state index in [2.05, 4.69) is 9.97 Å². The lowest BCUT2D eigenvalue weighted by Crippen LogP contribution is -2.14. The summed E-state index contributed by atoms with van der Waals surface area (Å²) in [6, 6.07) is 0. The van der Waals surface area contributed by atoms with Crippen molar-refractivity contribution in [3.8, 4) is 5.88 Å². The van der Waals surface area contributed by atoms with E-state index in [1.165, 1.54) is 0 Å². The van der Waals surface area contributed by atoms with Gasteiger partial charge in [0.25, 0.3) is 0 Å². The molecule has 0 saturated carbocycles. The molecular formula is C12H18N2O3. The third kappa shape index (κ3) is 3.41. The van der Waals surface area contributed by atoms with Crippen molar-refractivity contribution in [2.24, 2.45) is 0 Å². The number of aromatic nitrogens is 2. The summed E-state index contributed by atoms with van der Waals surface area (Å²) in [5.41, 5.74) is 1.72. The predicted molar refractivity (Wildman–Crippen MR) is 63.4 cm³/mol. The molecule has 0 saturated heterocycles. The highest BCUT2D eigenvalue weighted by Gasteiger charge is 2.14. The van der Waals surface area contributed by atoms with Crippen molar-refractivity contribution in [1.29, 1.82) is 0 Å². The number of ether oxygens (including phenoxy) is 1. The van der Waals surface area contributed by atoms with Gasteiger partial charge in [0.05, 0.1) is 0 Å². The quantitative estimate of drug-likeness (QED) is 0.848. The molecule has 0 radical (unpaired) electrons. The van der Waals surface area contributed by atoms with E-state index in [-0.39, 0.29) is 12.5 Å². The van der Waals surface area contributed by atoms with E-state index in [0.717, 1.165) is 17.7 Å². The van der Waals surface area contributed by atoms with Crippen molar-refractivity contribution in [3.63, 3.8) is 0 Å². The number of rotatable bonds is 5. The van der Waals surface area contributed by atoms with Gasteiger partial charge in [-0.05, 0) is 13.3 Å². The van der Waals surface area contributed by atoms with E-state index in [0.29, 0.717) is 11.7 Å². The van der Waals surface area contributed by atoms with Gasteiger partial charge >= 0.3 is 5.97 Å². The highest BCUT2D eigenvalue weighted by atomic mass is 16.5. The van der Waals surface area contributed by atoms with Crippen molar-refractivity contribution in [2.75, 3.05) is 6.61 Å². The summed E-state index contributed by atoms with van der Waals surface area (Å²) in [5, 5.41) is 8.62. The number of carboxylic acid groups (broad SMARTS) is 1. The van der Waals surface area contributed by atoms with Gasteiger partial charge in [-0.15, -0.1) is 0 Å². The minimum absolute atomic E-state index is 0.187. The van der Waals surface area contributed by atoms with Crippen LogP contribution < -0.4 is 4.74 Å². The van der Waals surface area contributed by atoms with E-state index in [1.807, 2.05) is 27.7 Å². The van der Waals surface area contributed by atoms with Crippen LogP contribution >= 0.6 is 0 Å². The molecule has 17 heavy (non-hydrogen) atoms. The lowest BCUT2D eigenvalue weighted by atomic mass is 10.1. The fraction of sp³-hybridized carbons (Fsp3) is 0.583. The van der Waals surface area contributed by atoms with Crippen LogP contribution in [0, 0.1) is 6.92 Å². The highest BCUT2D eigenvalue weighted by Crippen LogP contribution is 2.22. The zero-order valence-corrected chi connectivity index (χ0v) is 10.6. The van der Waals surface area contributed by atoms with Crippen molar-refractivity contribution < 1.29 is 14.6 Å². The van der Waals surface area contributed by atoms with Gasteiger partial charge in [-0.25, -0.2) is 9.78 Å². The highest BCUT2D eigenvalue weighted by molar-refractivity contribution is 5.68. The number of hydrogen-bond donors (Lipinski definition) is 1. The maximum atomic E-state index is 10.5. The third-order valence-electron chi connectivity index (χ3n) is 2.40. The summed E-state index contributed by atoms with van der Waals surface area (Å²) in [4.78, 5) is 19.2. The molecule has 1 rings (SSSR count). The summed E-state index contributed by atoms with van der Waals surface area (Å²) in [5.74, 6) is 0.257. The fourth-order valence-corrected chi connectivity index (χ4v) is 1.51. The summed E-state index contributed by atoms with van der Waals surface area (Å²) >= 11 is 0. The van der Waals surface area contributed by atoms with E-state index in [4.69, 9.17) is 9.84 Å². The van der Waals surface area contributed by atoms with Crippen molar-refractivity contribution in [3.05, 3.63) is 17.1 Å². The molecule has 0 aliphatic carbocycles. The van der Waals surface area contributed by atoms with Crippen LogP contribution in [0.25, 0.3) is 0 Å². The van der Waals surface area contributed by atoms with Gasteiger partial charge in [-0.2, -0.15) is 4.98 Å². The molecule has 1 aromatic heterocycles. The molecular weight excluding hydrogens is 220 g/mol. The van der Waals surface area contributed by atoms with E-state index < -0.39 is 5.97 Å². The minimum atomic E-state index is -1.01. The Morgan fingerprint density at radius 2 is 2.06 bits per heavy atom. The first-order valence-electron chi connectivity index (χ1n) is 5.67. The molecule has 5 nitrogen and oxygen atoms in total. The van der Waals surface area contributed by atoms with Crippen LogP contribution in [0.3, 0.4) is 0 Å². The van der Waals surface area contributed by atoms with E-state index in [1.54, 1.807) is 0 Å². The Hall–Kier alpha value is -1.65. The Labute approximate surface area is 101 Å². The van der Waals surface area contributed by atoms with Crippen LogP contribution in [0.1, 0.15) is 43.8 Å². The monoisotopic (exact) mass is 238 g/mol. The second kappa shape index (κ2) is 5.61. The number of aliphatic carboxylic acids is 1. The molecule has 0 aliphatic heterocycles. The van der Waals surface area contributed by atoms with Crippen molar-refractivity contribution >= 4 is 5.97 Å². The molecule has 1 N–H and O–H groups in total. The SMILES string of the molecule is CCc1c(C)nc(C(C)C)nc1OCC(=O)O. The second-order valence-corrected chi connectivity index (χ2v) is 4.14. The first-order valence-corrected chi connectivity index (χ1v) is 5.67. The smallest absolute Gasteiger partial charge is 0.341 e. The average molecular weight is 238 g/mol. The van der Waals surface area contributed by atoms with Crippen LogP contribution in [0.2, 0.25) is 0 Å². The lowest BCUT2D eigenvalue weighted by Gasteiger charge is -2.13. The summed E-state index contributed by atoms with van der Waals surface area (Å²) in [6.45, 7) is 7.46. The maximum absolute atomic E-state index is 10.5. The Bertz CT molecular complexity index is 416. The molecule has 0 atom stereocenters. The molecule has 0 aromatic carbocycles. The molecule has 0 spiro atoms.